The van der Waals surface area contributed by atoms with E-state index < -0.39 is 0 Å². The first-order valence-electron chi connectivity index (χ1n) is 4.60. The minimum absolute atomic E-state index is 0.254. The van der Waals surface area contributed by atoms with Crippen LogP contribution in [0.2, 0.25) is 0 Å². The molecule has 0 amide bonds. The summed E-state index contributed by atoms with van der Waals surface area (Å²) in [6, 6.07) is 0. The van der Waals surface area contributed by atoms with E-state index in [4.69, 9.17) is 11.0 Å². The van der Waals surface area contributed by atoms with Gasteiger partial charge in [-0.25, -0.2) is 0 Å². The fourth-order valence-corrected chi connectivity index (χ4v) is 1.30. The normalized spacial score (nSPS) is 16.2. The van der Waals surface area contributed by atoms with Crippen LogP contribution in [0, 0.1) is 6.57 Å². The molecule has 2 rings (SSSR count). The van der Waals surface area contributed by atoms with Crippen LogP contribution in [0.5, 0.6) is 0 Å². The number of hydrogen-bond donors (Lipinski definition) is 0. The molecular formula is C10H12N2O. The number of aromatic nitrogens is 1. The van der Waals surface area contributed by atoms with E-state index in [1.807, 2.05) is 13.8 Å². The van der Waals surface area contributed by atoms with Gasteiger partial charge in [0, 0.05) is 5.92 Å². The number of nitrogens with zero attached hydrogens (tertiary/aromatic N) is 2. The highest BCUT2D eigenvalue weighted by Crippen LogP contribution is 2.42. The van der Waals surface area contributed by atoms with Crippen molar-refractivity contribution >= 4 is 5.82 Å². The maximum Gasteiger partial charge on any atom is 0.311 e. The molecule has 1 aromatic rings. The van der Waals surface area contributed by atoms with Crippen LogP contribution in [0.15, 0.2) is 4.42 Å². The fraction of sp³-hybridized carbons (Fsp3) is 0.600. The van der Waals surface area contributed by atoms with E-state index in [0.717, 1.165) is 24.5 Å². The largest absolute Gasteiger partial charge is 0.439 e. The van der Waals surface area contributed by atoms with Crippen molar-refractivity contribution in [3.63, 3.8) is 0 Å². The summed E-state index contributed by atoms with van der Waals surface area (Å²) in [5.74, 6) is 2.72. The summed E-state index contributed by atoms with van der Waals surface area (Å²) in [6.45, 7) is 11.0. The van der Waals surface area contributed by atoms with Crippen LogP contribution in [0.3, 0.4) is 0 Å². The Morgan fingerprint density at radius 1 is 1.54 bits per heavy atom. The SMILES string of the molecule is [C-]#[N+]c1nc(C2CC2)oc1C(C)C. The minimum atomic E-state index is 0.254. The van der Waals surface area contributed by atoms with Crippen LogP contribution >= 0.6 is 0 Å². The van der Waals surface area contributed by atoms with E-state index >= 15 is 0 Å². The molecule has 1 fully saturated rings. The Morgan fingerprint density at radius 3 is 2.62 bits per heavy atom. The molecule has 1 aliphatic rings. The van der Waals surface area contributed by atoms with E-state index in [2.05, 4.69) is 9.83 Å². The first-order valence-corrected chi connectivity index (χ1v) is 4.60. The zero-order chi connectivity index (χ0) is 9.42. The first-order chi connectivity index (χ1) is 6.22. The van der Waals surface area contributed by atoms with Gasteiger partial charge in [0.1, 0.15) is 5.76 Å². The van der Waals surface area contributed by atoms with Gasteiger partial charge in [0.15, 0.2) is 0 Å². The van der Waals surface area contributed by atoms with Crippen molar-refractivity contribution in [2.45, 2.75) is 38.5 Å². The molecule has 13 heavy (non-hydrogen) atoms. The van der Waals surface area contributed by atoms with Gasteiger partial charge in [-0.05, 0) is 12.8 Å². The van der Waals surface area contributed by atoms with Gasteiger partial charge in [-0.3, -0.25) is 0 Å². The third-order valence-corrected chi connectivity index (χ3v) is 2.21. The monoisotopic (exact) mass is 176 g/mol. The zero-order valence-corrected chi connectivity index (χ0v) is 7.87. The summed E-state index contributed by atoms with van der Waals surface area (Å²) in [5, 5.41) is 0. The minimum Gasteiger partial charge on any atom is -0.439 e. The summed E-state index contributed by atoms with van der Waals surface area (Å²) in [5.41, 5.74) is 0. The average Bonchev–Trinajstić information content (AvgIpc) is 2.84. The van der Waals surface area contributed by atoms with Crippen LogP contribution < -0.4 is 0 Å². The summed E-state index contributed by atoms with van der Waals surface area (Å²) < 4.78 is 5.57. The van der Waals surface area contributed by atoms with Gasteiger partial charge in [-0.1, -0.05) is 25.4 Å². The number of rotatable bonds is 2. The summed E-state index contributed by atoms with van der Waals surface area (Å²) in [4.78, 5) is 7.56. The van der Waals surface area contributed by atoms with Crippen molar-refractivity contribution in [1.29, 1.82) is 0 Å². The summed E-state index contributed by atoms with van der Waals surface area (Å²) >= 11 is 0. The average molecular weight is 176 g/mol. The fourth-order valence-electron chi connectivity index (χ4n) is 1.30. The molecule has 0 aromatic carbocycles. The molecule has 0 radical (unpaired) electrons. The van der Waals surface area contributed by atoms with E-state index in [1.165, 1.54) is 0 Å². The third kappa shape index (κ3) is 1.44. The zero-order valence-electron chi connectivity index (χ0n) is 7.87. The van der Waals surface area contributed by atoms with Gasteiger partial charge in [0.2, 0.25) is 0 Å². The molecule has 0 unspecified atom stereocenters. The van der Waals surface area contributed by atoms with Gasteiger partial charge in [-0.15, -0.1) is 0 Å². The molecule has 1 aromatic heterocycles. The van der Waals surface area contributed by atoms with Crippen molar-refractivity contribution in [3.05, 3.63) is 23.1 Å². The lowest BCUT2D eigenvalue weighted by Crippen LogP contribution is -1.82. The lowest BCUT2D eigenvalue weighted by Gasteiger charge is -1.97. The van der Waals surface area contributed by atoms with Crippen LogP contribution in [-0.4, -0.2) is 4.98 Å². The quantitative estimate of drug-likeness (QED) is 0.647. The molecule has 1 saturated carbocycles. The van der Waals surface area contributed by atoms with Crippen molar-refractivity contribution in [3.8, 4) is 0 Å². The lowest BCUT2D eigenvalue weighted by molar-refractivity contribution is 0.441. The Bertz CT molecular complexity index is 355. The Balaban J connectivity index is 2.37. The highest BCUT2D eigenvalue weighted by molar-refractivity contribution is 5.42. The van der Waals surface area contributed by atoms with Crippen molar-refractivity contribution in [2.24, 2.45) is 0 Å². The van der Waals surface area contributed by atoms with Crippen LogP contribution in [0.25, 0.3) is 4.85 Å². The van der Waals surface area contributed by atoms with E-state index in [9.17, 15) is 0 Å². The molecule has 0 bridgehead atoms. The van der Waals surface area contributed by atoms with E-state index in [1.54, 1.807) is 0 Å². The van der Waals surface area contributed by atoms with Gasteiger partial charge < -0.3 is 9.26 Å². The second-order valence-corrected chi connectivity index (χ2v) is 3.78. The molecule has 3 nitrogen and oxygen atoms in total. The Labute approximate surface area is 77.6 Å². The molecule has 0 spiro atoms. The second kappa shape index (κ2) is 2.88. The second-order valence-electron chi connectivity index (χ2n) is 3.78. The molecular weight excluding hydrogens is 164 g/mol. The molecule has 1 heterocycles. The predicted octanol–water partition coefficient (Wildman–Crippen LogP) is 3.23. The topological polar surface area (TPSA) is 30.4 Å². The lowest BCUT2D eigenvalue weighted by atomic mass is 10.2. The molecule has 3 heteroatoms. The molecule has 1 aliphatic carbocycles. The summed E-state index contributed by atoms with van der Waals surface area (Å²) in [7, 11) is 0. The highest BCUT2D eigenvalue weighted by atomic mass is 16.4. The Kier molecular flexibility index (Phi) is 1.84. The summed E-state index contributed by atoms with van der Waals surface area (Å²) in [6.07, 6.45) is 2.32. The van der Waals surface area contributed by atoms with Crippen LogP contribution in [0.1, 0.15) is 50.2 Å². The Morgan fingerprint density at radius 2 is 2.23 bits per heavy atom. The van der Waals surface area contributed by atoms with Gasteiger partial charge in [-0.2, -0.15) is 0 Å². The van der Waals surface area contributed by atoms with Crippen LogP contribution in [-0.2, 0) is 0 Å². The molecule has 0 aliphatic heterocycles. The maximum absolute atomic E-state index is 6.96. The predicted molar refractivity (Wildman–Crippen MR) is 48.8 cm³/mol. The molecule has 0 saturated heterocycles. The highest BCUT2D eigenvalue weighted by Gasteiger charge is 2.33. The van der Waals surface area contributed by atoms with Crippen LogP contribution in [0.4, 0.5) is 5.82 Å². The molecule has 68 valence electrons. The Hall–Kier alpha value is -1.30. The van der Waals surface area contributed by atoms with Gasteiger partial charge in [0.05, 0.1) is 5.92 Å². The van der Waals surface area contributed by atoms with E-state index in [0.29, 0.717) is 11.7 Å². The van der Waals surface area contributed by atoms with Crippen molar-refractivity contribution in [2.75, 3.05) is 0 Å². The third-order valence-electron chi connectivity index (χ3n) is 2.21. The first kappa shape index (κ1) is 8.31. The number of hydrogen-bond acceptors (Lipinski definition) is 2. The smallest absolute Gasteiger partial charge is 0.311 e. The standard InChI is InChI=1S/C10H12N2O/c1-6(2)8-9(11-3)12-10(13-8)7-4-5-7/h6-7H,4-5H2,1-2H3. The number of oxazole rings is 1. The molecule has 0 atom stereocenters. The van der Waals surface area contributed by atoms with Crippen molar-refractivity contribution < 1.29 is 4.42 Å². The van der Waals surface area contributed by atoms with Gasteiger partial charge in [0.25, 0.3) is 5.89 Å². The van der Waals surface area contributed by atoms with Crippen molar-refractivity contribution in [1.82, 2.24) is 4.98 Å². The van der Waals surface area contributed by atoms with E-state index in [-0.39, 0.29) is 5.92 Å². The van der Waals surface area contributed by atoms with Gasteiger partial charge >= 0.3 is 5.82 Å². The maximum atomic E-state index is 6.96. The molecule has 0 N–H and O–H groups in total.